The van der Waals surface area contributed by atoms with E-state index in [9.17, 15) is 4.39 Å². The van der Waals surface area contributed by atoms with Gasteiger partial charge in [-0.1, -0.05) is 36.7 Å². The molecule has 0 saturated carbocycles. The molecule has 0 aromatic heterocycles. The Hall–Kier alpha value is -1.03. The van der Waals surface area contributed by atoms with Gasteiger partial charge in [0, 0.05) is 21.7 Å². The predicted molar refractivity (Wildman–Crippen MR) is 89.5 cm³/mol. The summed E-state index contributed by atoms with van der Waals surface area (Å²) in [5.41, 5.74) is 1.92. The third-order valence-electron chi connectivity index (χ3n) is 3.28. The van der Waals surface area contributed by atoms with Crippen LogP contribution < -0.4 is 5.32 Å². The molecule has 0 amide bonds. The van der Waals surface area contributed by atoms with Crippen LogP contribution in [0, 0.1) is 5.82 Å². The molecule has 0 saturated heterocycles. The van der Waals surface area contributed by atoms with E-state index in [0.717, 1.165) is 11.4 Å². The van der Waals surface area contributed by atoms with Crippen LogP contribution in [0.25, 0.3) is 0 Å². The van der Waals surface area contributed by atoms with Gasteiger partial charge in [0.2, 0.25) is 0 Å². The molecule has 1 N–H and O–H groups in total. The van der Waals surface area contributed by atoms with Crippen molar-refractivity contribution in [2.24, 2.45) is 0 Å². The van der Waals surface area contributed by atoms with Crippen LogP contribution in [-0.4, -0.2) is 6.54 Å². The highest BCUT2D eigenvalue weighted by Gasteiger charge is 2.07. The number of benzene rings is 2. The smallest absolute Gasteiger partial charge is 0.128 e. The van der Waals surface area contributed by atoms with E-state index in [0.29, 0.717) is 22.4 Å². The minimum absolute atomic E-state index is 0.243. The van der Waals surface area contributed by atoms with Crippen molar-refractivity contribution in [1.82, 2.24) is 5.32 Å². The van der Waals surface area contributed by atoms with Gasteiger partial charge >= 0.3 is 0 Å². The summed E-state index contributed by atoms with van der Waals surface area (Å²) in [7, 11) is 0. The molecule has 0 aliphatic carbocycles. The van der Waals surface area contributed by atoms with Crippen molar-refractivity contribution in [3.8, 4) is 0 Å². The summed E-state index contributed by atoms with van der Waals surface area (Å²) in [6.45, 7) is 5.18. The third kappa shape index (κ3) is 4.73. The van der Waals surface area contributed by atoms with Crippen LogP contribution in [0.1, 0.15) is 31.0 Å². The van der Waals surface area contributed by atoms with E-state index < -0.39 is 0 Å². The average molecular weight is 324 g/mol. The highest BCUT2D eigenvalue weighted by atomic mass is 35.5. The van der Waals surface area contributed by atoms with Crippen molar-refractivity contribution < 1.29 is 4.39 Å². The molecule has 4 heteroatoms. The second-order valence-electron chi connectivity index (χ2n) is 4.88. The monoisotopic (exact) mass is 323 g/mol. The molecular formula is C17H19ClFNS. The Morgan fingerprint density at radius 2 is 2.05 bits per heavy atom. The number of hydrogen-bond acceptors (Lipinski definition) is 2. The van der Waals surface area contributed by atoms with Gasteiger partial charge in [-0.05, 0) is 48.9 Å². The van der Waals surface area contributed by atoms with Crippen molar-refractivity contribution in [1.29, 1.82) is 0 Å². The molecule has 0 radical (unpaired) electrons. The summed E-state index contributed by atoms with van der Waals surface area (Å²) in [5, 5.41) is 3.83. The number of hydrogen-bond donors (Lipinski definition) is 1. The van der Waals surface area contributed by atoms with Gasteiger partial charge in [-0.15, -0.1) is 11.8 Å². The lowest BCUT2D eigenvalue weighted by Gasteiger charge is -2.13. The Labute approximate surface area is 134 Å². The van der Waals surface area contributed by atoms with Crippen molar-refractivity contribution in [2.75, 3.05) is 6.54 Å². The molecule has 0 heterocycles. The lowest BCUT2D eigenvalue weighted by atomic mass is 10.1. The number of halogens is 2. The summed E-state index contributed by atoms with van der Waals surface area (Å²) in [5.74, 6) is 0.356. The quantitative estimate of drug-likeness (QED) is 0.710. The molecule has 0 aliphatic rings. The van der Waals surface area contributed by atoms with Gasteiger partial charge in [-0.2, -0.15) is 0 Å². The predicted octanol–water partition coefficient (Wildman–Crippen LogP) is 5.44. The van der Waals surface area contributed by atoms with Crippen molar-refractivity contribution >= 4 is 23.4 Å². The van der Waals surface area contributed by atoms with E-state index in [1.807, 2.05) is 6.07 Å². The number of nitrogens with one attached hydrogen (secondary N) is 1. The van der Waals surface area contributed by atoms with Crippen LogP contribution in [-0.2, 0) is 5.75 Å². The van der Waals surface area contributed by atoms with Crippen LogP contribution in [0.2, 0.25) is 5.02 Å². The molecule has 1 unspecified atom stereocenters. The van der Waals surface area contributed by atoms with E-state index in [1.54, 1.807) is 23.9 Å². The third-order valence-corrected chi connectivity index (χ3v) is 4.56. The molecule has 2 rings (SSSR count). The van der Waals surface area contributed by atoms with Gasteiger partial charge in [0.05, 0.1) is 0 Å². The molecule has 0 spiro atoms. The Balaban J connectivity index is 2.04. The molecule has 0 bridgehead atoms. The largest absolute Gasteiger partial charge is 0.310 e. The molecular weight excluding hydrogens is 305 g/mol. The second kappa shape index (κ2) is 7.83. The molecule has 0 fully saturated rings. The second-order valence-corrected chi connectivity index (χ2v) is 6.36. The van der Waals surface area contributed by atoms with Crippen LogP contribution >= 0.6 is 23.4 Å². The summed E-state index contributed by atoms with van der Waals surface area (Å²) < 4.78 is 13.8. The van der Waals surface area contributed by atoms with E-state index >= 15 is 0 Å². The first-order chi connectivity index (χ1) is 10.1. The first-order valence-corrected chi connectivity index (χ1v) is 8.36. The molecule has 2 aromatic carbocycles. The Kier molecular flexibility index (Phi) is 6.09. The van der Waals surface area contributed by atoms with E-state index in [-0.39, 0.29) is 5.82 Å². The fourth-order valence-corrected chi connectivity index (χ4v) is 3.21. The van der Waals surface area contributed by atoms with Crippen LogP contribution in [0.4, 0.5) is 4.39 Å². The summed E-state index contributed by atoms with van der Waals surface area (Å²) in [6.07, 6.45) is 0. The minimum Gasteiger partial charge on any atom is -0.310 e. The molecule has 21 heavy (non-hydrogen) atoms. The molecule has 1 nitrogen and oxygen atoms in total. The Morgan fingerprint density at radius 3 is 2.76 bits per heavy atom. The summed E-state index contributed by atoms with van der Waals surface area (Å²) >= 11 is 7.40. The topological polar surface area (TPSA) is 12.0 Å². The lowest BCUT2D eigenvalue weighted by molar-refractivity contribution is 0.597. The first kappa shape index (κ1) is 16.3. The van der Waals surface area contributed by atoms with E-state index in [4.69, 9.17) is 11.6 Å². The summed E-state index contributed by atoms with van der Waals surface area (Å²) in [4.78, 5) is 1.15. The van der Waals surface area contributed by atoms with Crippen molar-refractivity contribution in [2.45, 2.75) is 30.5 Å². The number of rotatable bonds is 6. The van der Waals surface area contributed by atoms with Crippen LogP contribution in [0.5, 0.6) is 0 Å². The Morgan fingerprint density at radius 1 is 1.24 bits per heavy atom. The van der Waals surface area contributed by atoms with Gasteiger partial charge in [0.25, 0.3) is 0 Å². The summed E-state index contributed by atoms with van der Waals surface area (Å²) in [6, 6.07) is 13.5. The van der Waals surface area contributed by atoms with Crippen molar-refractivity contribution in [3.05, 3.63) is 64.4 Å². The maximum Gasteiger partial charge on any atom is 0.128 e. The highest BCUT2D eigenvalue weighted by molar-refractivity contribution is 7.98. The molecule has 112 valence electrons. The zero-order valence-electron chi connectivity index (χ0n) is 12.2. The average Bonchev–Trinajstić information content (AvgIpc) is 2.47. The first-order valence-electron chi connectivity index (χ1n) is 7.00. The molecule has 0 aliphatic heterocycles. The fourth-order valence-electron chi connectivity index (χ4n) is 2.10. The van der Waals surface area contributed by atoms with Gasteiger partial charge in [-0.25, -0.2) is 4.39 Å². The fraction of sp³-hybridized carbons (Fsp3) is 0.294. The SMILES string of the molecule is CCNC(C)c1cccc(SCc2ccc(Cl)cc2F)c1. The standard InChI is InChI=1S/C17H19ClFNS/c1-3-20-12(2)13-5-4-6-16(9-13)21-11-14-7-8-15(18)10-17(14)19/h4-10,12,20H,3,11H2,1-2H3. The van der Waals surface area contributed by atoms with Crippen LogP contribution in [0.3, 0.4) is 0 Å². The zero-order chi connectivity index (χ0) is 15.2. The molecule has 1 atom stereocenters. The van der Waals surface area contributed by atoms with Gasteiger partial charge < -0.3 is 5.32 Å². The van der Waals surface area contributed by atoms with Crippen LogP contribution in [0.15, 0.2) is 47.4 Å². The lowest BCUT2D eigenvalue weighted by Crippen LogP contribution is -2.17. The van der Waals surface area contributed by atoms with E-state index in [2.05, 4.69) is 37.4 Å². The normalized spacial score (nSPS) is 12.4. The highest BCUT2D eigenvalue weighted by Crippen LogP contribution is 2.27. The van der Waals surface area contributed by atoms with E-state index in [1.165, 1.54) is 11.6 Å². The Bertz CT molecular complexity index is 603. The number of thioether (sulfide) groups is 1. The van der Waals surface area contributed by atoms with Gasteiger partial charge in [-0.3, -0.25) is 0 Å². The maximum atomic E-state index is 13.8. The van der Waals surface area contributed by atoms with Gasteiger partial charge in [0.1, 0.15) is 5.82 Å². The molecule has 2 aromatic rings. The van der Waals surface area contributed by atoms with Gasteiger partial charge in [0.15, 0.2) is 0 Å². The zero-order valence-corrected chi connectivity index (χ0v) is 13.8. The minimum atomic E-state index is -0.243. The maximum absolute atomic E-state index is 13.8. The van der Waals surface area contributed by atoms with Crippen molar-refractivity contribution in [3.63, 3.8) is 0 Å².